The molecule has 0 radical (unpaired) electrons. The molecule has 23 heavy (non-hydrogen) atoms. The minimum Gasteiger partial charge on any atom is -0.384 e. The summed E-state index contributed by atoms with van der Waals surface area (Å²) < 4.78 is 0. The average molecular weight is 322 g/mol. The largest absolute Gasteiger partial charge is 0.384 e. The first-order chi connectivity index (χ1) is 11.1. The monoisotopic (exact) mass is 322 g/mol. The number of aliphatic imine (C=N–C) groups is 1. The molecule has 6 nitrogen and oxygen atoms in total. The van der Waals surface area contributed by atoms with Gasteiger partial charge in [0.15, 0.2) is 5.84 Å². The Kier molecular flexibility index (Phi) is 4.11. The van der Waals surface area contributed by atoms with Crippen LogP contribution in [0.2, 0.25) is 0 Å². The first kappa shape index (κ1) is 14.9. The summed E-state index contributed by atoms with van der Waals surface area (Å²) in [5.74, 6) is 0.0834. The van der Waals surface area contributed by atoms with Crippen LogP contribution in [0.4, 0.5) is 5.13 Å². The lowest BCUT2D eigenvalue weighted by molar-refractivity contribution is 1.24. The third kappa shape index (κ3) is 3.24. The molecule has 2 heterocycles. The standard InChI is InChI=1S/C16H14N6S/c17-14(18)11-7-4-8-20-13(11)15(19)22-16-21-12(9-23-16)10-5-2-1-3-6-10/h1-9H,(H3,17,18)(H2,19,21,22). The van der Waals surface area contributed by atoms with Crippen molar-refractivity contribution < 1.29 is 0 Å². The number of pyridine rings is 1. The van der Waals surface area contributed by atoms with Gasteiger partial charge in [-0.05, 0) is 12.1 Å². The van der Waals surface area contributed by atoms with Crippen LogP contribution in [0.15, 0.2) is 59.0 Å². The number of nitrogen functional groups attached to an aromatic ring is 1. The summed E-state index contributed by atoms with van der Waals surface area (Å²) in [5.41, 5.74) is 14.3. The lowest BCUT2D eigenvalue weighted by Crippen LogP contribution is -2.22. The van der Waals surface area contributed by atoms with Crippen molar-refractivity contribution >= 4 is 28.1 Å². The van der Waals surface area contributed by atoms with Gasteiger partial charge in [0, 0.05) is 22.7 Å². The second kappa shape index (κ2) is 6.37. The lowest BCUT2D eigenvalue weighted by atomic mass is 10.1. The molecule has 3 aromatic rings. The highest BCUT2D eigenvalue weighted by Crippen LogP contribution is 2.26. The number of aromatic nitrogens is 2. The van der Waals surface area contributed by atoms with Crippen molar-refractivity contribution in [3.8, 4) is 11.3 Å². The lowest BCUT2D eigenvalue weighted by Gasteiger charge is -2.05. The van der Waals surface area contributed by atoms with Gasteiger partial charge in [-0.3, -0.25) is 10.4 Å². The van der Waals surface area contributed by atoms with Crippen LogP contribution in [-0.2, 0) is 0 Å². The van der Waals surface area contributed by atoms with Gasteiger partial charge in [0.25, 0.3) is 0 Å². The first-order valence-corrected chi connectivity index (χ1v) is 7.68. The average Bonchev–Trinajstić information content (AvgIpc) is 3.04. The number of benzene rings is 1. The van der Waals surface area contributed by atoms with Crippen molar-refractivity contribution in [2.45, 2.75) is 0 Å². The summed E-state index contributed by atoms with van der Waals surface area (Å²) in [7, 11) is 0. The van der Waals surface area contributed by atoms with Crippen LogP contribution in [-0.4, -0.2) is 21.6 Å². The van der Waals surface area contributed by atoms with Gasteiger partial charge in [0.05, 0.1) is 5.69 Å². The van der Waals surface area contributed by atoms with Gasteiger partial charge >= 0.3 is 0 Å². The van der Waals surface area contributed by atoms with Gasteiger partial charge < -0.3 is 11.5 Å². The van der Waals surface area contributed by atoms with Crippen molar-refractivity contribution in [3.63, 3.8) is 0 Å². The molecule has 0 aliphatic heterocycles. The van der Waals surface area contributed by atoms with E-state index in [1.165, 1.54) is 11.3 Å². The highest BCUT2D eigenvalue weighted by molar-refractivity contribution is 7.13. The van der Waals surface area contributed by atoms with Crippen LogP contribution in [0.5, 0.6) is 0 Å². The van der Waals surface area contributed by atoms with Crippen molar-refractivity contribution in [2.24, 2.45) is 16.5 Å². The maximum Gasteiger partial charge on any atom is 0.211 e. The van der Waals surface area contributed by atoms with E-state index < -0.39 is 0 Å². The van der Waals surface area contributed by atoms with E-state index in [9.17, 15) is 0 Å². The number of nitrogens with two attached hydrogens (primary N) is 2. The SMILES string of the molecule is N=C(N)c1cccnc1/C(N)=N/c1nc(-c2ccccc2)cs1. The van der Waals surface area contributed by atoms with Gasteiger partial charge in [-0.1, -0.05) is 30.3 Å². The summed E-state index contributed by atoms with van der Waals surface area (Å²) in [6.07, 6.45) is 1.58. The smallest absolute Gasteiger partial charge is 0.211 e. The molecule has 0 unspecified atom stereocenters. The van der Waals surface area contributed by atoms with E-state index in [2.05, 4.69) is 15.0 Å². The van der Waals surface area contributed by atoms with Crippen LogP contribution < -0.4 is 11.5 Å². The number of hydrogen-bond acceptors (Lipinski definition) is 5. The molecule has 3 rings (SSSR count). The number of nitrogens with zero attached hydrogens (tertiary/aromatic N) is 3. The molecular weight excluding hydrogens is 308 g/mol. The summed E-state index contributed by atoms with van der Waals surface area (Å²) >= 11 is 1.39. The molecule has 2 aromatic heterocycles. The summed E-state index contributed by atoms with van der Waals surface area (Å²) in [5, 5.41) is 10.0. The summed E-state index contributed by atoms with van der Waals surface area (Å²) in [6.45, 7) is 0. The van der Waals surface area contributed by atoms with E-state index in [1.807, 2.05) is 35.7 Å². The molecule has 5 N–H and O–H groups in total. The quantitative estimate of drug-likeness (QED) is 0.506. The molecule has 0 saturated heterocycles. The molecule has 1 aromatic carbocycles. The third-order valence-electron chi connectivity index (χ3n) is 3.12. The number of hydrogen-bond donors (Lipinski definition) is 3. The predicted molar refractivity (Wildman–Crippen MR) is 93.2 cm³/mol. The minimum absolute atomic E-state index is 0.102. The molecular formula is C16H14N6S. The second-order valence-electron chi connectivity index (χ2n) is 4.69. The summed E-state index contributed by atoms with van der Waals surface area (Å²) in [6, 6.07) is 13.2. The molecule has 0 bridgehead atoms. The second-order valence-corrected chi connectivity index (χ2v) is 5.53. The maximum absolute atomic E-state index is 7.58. The Hall–Kier alpha value is -3.06. The fourth-order valence-electron chi connectivity index (χ4n) is 2.04. The molecule has 0 aliphatic rings. The van der Waals surface area contributed by atoms with Crippen LogP contribution in [0.1, 0.15) is 11.3 Å². The van der Waals surface area contributed by atoms with Crippen LogP contribution in [0, 0.1) is 5.41 Å². The number of thiazole rings is 1. The zero-order valence-electron chi connectivity index (χ0n) is 12.1. The molecule has 7 heteroatoms. The normalized spacial score (nSPS) is 11.4. The third-order valence-corrected chi connectivity index (χ3v) is 3.85. The molecule has 0 saturated carbocycles. The van der Waals surface area contributed by atoms with E-state index in [-0.39, 0.29) is 11.7 Å². The van der Waals surface area contributed by atoms with Crippen LogP contribution in [0.3, 0.4) is 0 Å². The molecule has 0 amide bonds. The zero-order valence-corrected chi connectivity index (χ0v) is 12.9. The molecule has 0 atom stereocenters. The van der Waals surface area contributed by atoms with Gasteiger partial charge in [0.2, 0.25) is 5.13 Å². The van der Waals surface area contributed by atoms with Crippen molar-refractivity contribution in [1.82, 2.24) is 9.97 Å². The molecule has 0 fully saturated rings. The topological polar surface area (TPSA) is 114 Å². The predicted octanol–water partition coefficient (Wildman–Crippen LogP) is 2.53. The number of nitrogens with one attached hydrogen (secondary N) is 1. The number of rotatable bonds is 4. The van der Waals surface area contributed by atoms with Gasteiger partial charge in [-0.15, -0.1) is 11.3 Å². The Bertz CT molecular complexity index is 869. The molecule has 114 valence electrons. The van der Waals surface area contributed by atoms with Crippen molar-refractivity contribution in [1.29, 1.82) is 5.41 Å². The van der Waals surface area contributed by atoms with Crippen molar-refractivity contribution in [3.05, 3.63) is 65.3 Å². The van der Waals surface area contributed by atoms with Gasteiger partial charge in [-0.2, -0.15) is 4.99 Å². The van der Waals surface area contributed by atoms with Gasteiger partial charge in [-0.25, -0.2) is 4.98 Å². The Morgan fingerprint density at radius 1 is 1.09 bits per heavy atom. The highest BCUT2D eigenvalue weighted by Gasteiger charge is 2.11. The molecule has 0 aliphatic carbocycles. The van der Waals surface area contributed by atoms with E-state index in [0.717, 1.165) is 11.3 Å². The number of amidine groups is 2. The Labute approximate surface area is 137 Å². The zero-order chi connectivity index (χ0) is 16.2. The summed E-state index contributed by atoms with van der Waals surface area (Å²) in [4.78, 5) is 12.9. The Morgan fingerprint density at radius 3 is 2.61 bits per heavy atom. The molecule has 0 spiro atoms. The Balaban J connectivity index is 1.94. The van der Waals surface area contributed by atoms with E-state index >= 15 is 0 Å². The van der Waals surface area contributed by atoms with Gasteiger partial charge in [0.1, 0.15) is 11.5 Å². The fraction of sp³-hybridized carbons (Fsp3) is 0. The van der Waals surface area contributed by atoms with Crippen molar-refractivity contribution in [2.75, 3.05) is 0 Å². The maximum atomic E-state index is 7.58. The van der Waals surface area contributed by atoms with Crippen LogP contribution in [0.25, 0.3) is 11.3 Å². The first-order valence-electron chi connectivity index (χ1n) is 6.80. The fourth-order valence-corrected chi connectivity index (χ4v) is 2.75. The minimum atomic E-state index is -0.102. The Morgan fingerprint density at radius 2 is 1.87 bits per heavy atom. The van der Waals surface area contributed by atoms with E-state index in [4.69, 9.17) is 16.9 Å². The van der Waals surface area contributed by atoms with E-state index in [0.29, 0.717) is 16.4 Å². The highest BCUT2D eigenvalue weighted by atomic mass is 32.1. The van der Waals surface area contributed by atoms with E-state index in [1.54, 1.807) is 18.3 Å². The van der Waals surface area contributed by atoms with Crippen LogP contribution >= 0.6 is 11.3 Å².